The largest absolute Gasteiger partial charge is 0.345 e. The van der Waals surface area contributed by atoms with Gasteiger partial charge in [-0.15, -0.1) is 11.8 Å². The van der Waals surface area contributed by atoms with E-state index >= 15 is 0 Å². The van der Waals surface area contributed by atoms with E-state index in [0.717, 1.165) is 28.4 Å². The first kappa shape index (κ1) is 19.5. The van der Waals surface area contributed by atoms with Crippen LogP contribution in [0.25, 0.3) is 11.3 Å². The van der Waals surface area contributed by atoms with E-state index in [1.807, 2.05) is 68.4 Å². The standard InChI is InChI=1S/C21H22ClN3OS/c1-3-17(20-23-13-18(24-20)15-9-5-4-6-10-15)25-21(26)14(2)27-19-12-8-7-11-16(19)22/h4-14,17H,3H2,1-2H3,(H,23,24)(H,25,26). The summed E-state index contributed by atoms with van der Waals surface area (Å²) in [5.41, 5.74) is 2.01. The van der Waals surface area contributed by atoms with Crippen LogP contribution in [0.5, 0.6) is 0 Å². The highest BCUT2D eigenvalue weighted by Gasteiger charge is 2.21. The van der Waals surface area contributed by atoms with Crippen LogP contribution in [0.15, 0.2) is 65.7 Å². The number of hydrogen-bond donors (Lipinski definition) is 2. The van der Waals surface area contributed by atoms with Gasteiger partial charge in [-0.05, 0) is 31.0 Å². The lowest BCUT2D eigenvalue weighted by molar-refractivity contribution is -0.121. The van der Waals surface area contributed by atoms with Crippen molar-refractivity contribution in [2.45, 2.75) is 36.5 Å². The highest BCUT2D eigenvalue weighted by molar-refractivity contribution is 8.00. The highest BCUT2D eigenvalue weighted by atomic mass is 35.5. The molecular weight excluding hydrogens is 378 g/mol. The normalized spacial score (nSPS) is 13.1. The predicted molar refractivity (Wildman–Crippen MR) is 112 cm³/mol. The summed E-state index contributed by atoms with van der Waals surface area (Å²) in [6.07, 6.45) is 2.55. The monoisotopic (exact) mass is 399 g/mol. The van der Waals surface area contributed by atoms with Crippen molar-refractivity contribution in [1.82, 2.24) is 15.3 Å². The van der Waals surface area contributed by atoms with Crippen molar-refractivity contribution in [3.8, 4) is 11.3 Å². The van der Waals surface area contributed by atoms with Crippen molar-refractivity contribution in [3.63, 3.8) is 0 Å². The van der Waals surface area contributed by atoms with E-state index in [0.29, 0.717) is 5.02 Å². The average molecular weight is 400 g/mol. The van der Waals surface area contributed by atoms with Crippen molar-refractivity contribution < 1.29 is 4.79 Å². The number of thioether (sulfide) groups is 1. The molecule has 3 aromatic rings. The summed E-state index contributed by atoms with van der Waals surface area (Å²) in [5.74, 6) is 0.726. The molecule has 0 radical (unpaired) electrons. The zero-order valence-corrected chi connectivity index (χ0v) is 16.8. The molecule has 0 saturated heterocycles. The minimum atomic E-state index is -0.262. The van der Waals surface area contributed by atoms with Crippen LogP contribution in [0.3, 0.4) is 0 Å². The number of halogens is 1. The number of rotatable bonds is 7. The van der Waals surface area contributed by atoms with Crippen LogP contribution >= 0.6 is 23.4 Å². The second kappa shape index (κ2) is 9.11. The molecule has 0 aliphatic carbocycles. The highest BCUT2D eigenvalue weighted by Crippen LogP contribution is 2.30. The second-order valence-electron chi connectivity index (χ2n) is 6.21. The number of aromatic nitrogens is 2. The quantitative estimate of drug-likeness (QED) is 0.517. The summed E-state index contributed by atoms with van der Waals surface area (Å²) < 4.78 is 0. The van der Waals surface area contributed by atoms with Crippen LogP contribution in [-0.2, 0) is 4.79 Å². The van der Waals surface area contributed by atoms with Gasteiger partial charge in [0, 0.05) is 4.90 Å². The Hall–Kier alpha value is -2.24. The number of imidazole rings is 1. The fraction of sp³-hybridized carbons (Fsp3) is 0.238. The van der Waals surface area contributed by atoms with Gasteiger partial charge in [-0.25, -0.2) is 4.98 Å². The molecule has 140 valence electrons. The molecule has 3 rings (SSSR count). The fourth-order valence-electron chi connectivity index (χ4n) is 2.72. The minimum Gasteiger partial charge on any atom is -0.345 e. The van der Waals surface area contributed by atoms with Crippen molar-refractivity contribution in [3.05, 3.63) is 71.6 Å². The molecule has 2 unspecified atom stereocenters. The van der Waals surface area contributed by atoms with Gasteiger partial charge >= 0.3 is 0 Å². The van der Waals surface area contributed by atoms with Gasteiger partial charge in [0.25, 0.3) is 0 Å². The molecule has 1 heterocycles. The van der Waals surface area contributed by atoms with E-state index in [4.69, 9.17) is 11.6 Å². The van der Waals surface area contributed by atoms with Gasteiger partial charge < -0.3 is 10.3 Å². The van der Waals surface area contributed by atoms with E-state index < -0.39 is 0 Å². The Kier molecular flexibility index (Phi) is 6.58. The predicted octanol–water partition coefficient (Wildman–Crippen LogP) is 5.48. The summed E-state index contributed by atoms with van der Waals surface area (Å²) in [5, 5.41) is 3.49. The first-order valence-corrected chi connectivity index (χ1v) is 10.2. The number of carbonyl (C=O) groups is 1. The number of amides is 1. The molecule has 0 bridgehead atoms. The van der Waals surface area contributed by atoms with Crippen molar-refractivity contribution >= 4 is 29.3 Å². The van der Waals surface area contributed by atoms with Crippen LogP contribution in [0.4, 0.5) is 0 Å². The van der Waals surface area contributed by atoms with E-state index in [-0.39, 0.29) is 17.2 Å². The van der Waals surface area contributed by atoms with Gasteiger partial charge in [-0.2, -0.15) is 0 Å². The zero-order chi connectivity index (χ0) is 19.2. The van der Waals surface area contributed by atoms with Crippen molar-refractivity contribution in [1.29, 1.82) is 0 Å². The van der Waals surface area contributed by atoms with E-state index in [1.54, 1.807) is 6.20 Å². The number of nitrogens with zero attached hydrogens (tertiary/aromatic N) is 1. The molecular formula is C21H22ClN3OS. The molecule has 2 aromatic carbocycles. The Morgan fingerprint density at radius 1 is 1.19 bits per heavy atom. The molecule has 27 heavy (non-hydrogen) atoms. The maximum Gasteiger partial charge on any atom is 0.233 e. The van der Waals surface area contributed by atoms with Crippen LogP contribution < -0.4 is 5.32 Å². The summed E-state index contributed by atoms with van der Waals surface area (Å²) in [4.78, 5) is 21.4. The summed E-state index contributed by atoms with van der Waals surface area (Å²) in [6.45, 7) is 3.91. The van der Waals surface area contributed by atoms with Crippen LogP contribution in [-0.4, -0.2) is 21.1 Å². The summed E-state index contributed by atoms with van der Waals surface area (Å²) in [7, 11) is 0. The average Bonchev–Trinajstić information content (AvgIpc) is 3.18. The maximum absolute atomic E-state index is 12.7. The molecule has 0 saturated carbocycles. The number of nitrogens with one attached hydrogen (secondary N) is 2. The molecule has 0 aliphatic heterocycles. The van der Waals surface area contributed by atoms with Gasteiger partial charge in [0.05, 0.1) is 28.2 Å². The molecule has 2 N–H and O–H groups in total. The van der Waals surface area contributed by atoms with Gasteiger partial charge in [-0.3, -0.25) is 4.79 Å². The zero-order valence-electron chi connectivity index (χ0n) is 15.3. The maximum atomic E-state index is 12.7. The SMILES string of the molecule is CCC(NC(=O)C(C)Sc1ccccc1Cl)c1ncc(-c2ccccc2)[nH]1. The topological polar surface area (TPSA) is 57.8 Å². The number of carbonyl (C=O) groups excluding carboxylic acids is 1. The fourth-order valence-corrected chi connectivity index (χ4v) is 3.88. The van der Waals surface area contributed by atoms with Gasteiger partial charge in [0.15, 0.2) is 0 Å². The lowest BCUT2D eigenvalue weighted by Gasteiger charge is -2.18. The lowest BCUT2D eigenvalue weighted by Crippen LogP contribution is -2.34. The molecule has 6 heteroatoms. The molecule has 1 aromatic heterocycles. The first-order valence-electron chi connectivity index (χ1n) is 8.90. The Bertz CT molecular complexity index is 897. The van der Waals surface area contributed by atoms with Crippen LogP contribution in [0.2, 0.25) is 5.02 Å². The molecule has 4 nitrogen and oxygen atoms in total. The first-order chi connectivity index (χ1) is 13.1. The van der Waals surface area contributed by atoms with Gasteiger partial charge in [0.1, 0.15) is 5.82 Å². The Morgan fingerprint density at radius 3 is 2.59 bits per heavy atom. The number of H-pyrrole nitrogens is 1. The Labute approximate surface area is 168 Å². The number of benzene rings is 2. The van der Waals surface area contributed by atoms with Crippen LogP contribution in [0, 0.1) is 0 Å². The molecule has 0 spiro atoms. The van der Waals surface area contributed by atoms with Crippen molar-refractivity contribution in [2.24, 2.45) is 0 Å². The molecule has 1 amide bonds. The number of aromatic amines is 1. The smallest absolute Gasteiger partial charge is 0.233 e. The third kappa shape index (κ3) is 4.93. The Morgan fingerprint density at radius 2 is 1.89 bits per heavy atom. The minimum absolute atomic E-state index is 0.0376. The van der Waals surface area contributed by atoms with Crippen LogP contribution in [0.1, 0.15) is 32.1 Å². The van der Waals surface area contributed by atoms with E-state index in [9.17, 15) is 4.79 Å². The summed E-state index contributed by atoms with van der Waals surface area (Å²) in [6, 6.07) is 17.4. The van der Waals surface area contributed by atoms with E-state index in [1.165, 1.54) is 11.8 Å². The second-order valence-corrected chi connectivity index (χ2v) is 8.00. The molecule has 0 fully saturated rings. The summed E-state index contributed by atoms with van der Waals surface area (Å²) >= 11 is 7.65. The third-order valence-corrected chi connectivity index (χ3v) is 5.86. The van der Waals surface area contributed by atoms with Crippen molar-refractivity contribution in [2.75, 3.05) is 0 Å². The lowest BCUT2D eigenvalue weighted by atomic mass is 10.2. The van der Waals surface area contributed by atoms with Gasteiger partial charge in [0.2, 0.25) is 5.91 Å². The van der Waals surface area contributed by atoms with Gasteiger partial charge in [-0.1, -0.05) is 61.0 Å². The third-order valence-electron chi connectivity index (χ3n) is 4.24. The molecule has 2 atom stereocenters. The number of hydrogen-bond acceptors (Lipinski definition) is 3. The Balaban J connectivity index is 1.67. The van der Waals surface area contributed by atoms with E-state index in [2.05, 4.69) is 15.3 Å². The molecule has 0 aliphatic rings.